The second kappa shape index (κ2) is 15.0. The molecule has 0 fully saturated rings. The number of aromatic nitrogens is 1. The van der Waals surface area contributed by atoms with Crippen molar-refractivity contribution in [2.75, 3.05) is 11.9 Å². The smallest absolute Gasteiger partial charge is 0.360 e. The van der Waals surface area contributed by atoms with E-state index in [0.717, 1.165) is 23.6 Å². The number of benzene rings is 4. The van der Waals surface area contributed by atoms with Crippen LogP contribution in [0.4, 0.5) is 5.13 Å². The maximum absolute atomic E-state index is 12.9. The van der Waals surface area contributed by atoms with Gasteiger partial charge in [0.25, 0.3) is 0 Å². The molecule has 0 saturated carbocycles. The van der Waals surface area contributed by atoms with Crippen molar-refractivity contribution in [2.24, 2.45) is 5.16 Å². The summed E-state index contributed by atoms with van der Waals surface area (Å²) in [4.78, 5) is 57.7. The number of anilines is 1. The number of hydrogen-bond donors (Lipinski definition) is 2. The molecule has 0 radical (unpaired) electrons. The predicted molar refractivity (Wildman–Crippen MR) is 178 cm³/mol. The van der Waals surface area contributed by atoms with Crippen LogP contribution in [0.15, 0.2) is 120 Å². The lowest BCUT2D eigenvalue weighted by Crippen LogP contribution is -2.38. The van der Waals surface area contributed by atoms with Crippen molar-refractivity contribution >= 4 is 45.9 Å². The number of ketones is 1. The van der Waals surface area contributed by atoms with Crippen molar-refractivity contribution < 1.29 is 38.6 Å². The van der Waals surface area contributed by atoms with E-state index in [4.69, 9.17) is 14.3 Å². The average Bonchev–Trinajstić information content (AvgIpc) is 3.54. The number of rotatable bonds is 13. The molecule has 242 valence electrons. The van der Waals surface area contributed by atoms with Crippen molar-refractivity contribution in [2.45, 2.75) is 19.4 Å². The number of nitrogens with one attached hydrogen (secondary N) is 1. The van der Waals surface area contributed by atoms with Crippen LogP contribution in [0.1, 0.15) is 46.6 Å². The first-order valence-corrected chi connectivity index (χ1v) is 15.4. The minimum absolute atomic E-state index is 0.0217. The van der Waals surface area contributed by atoms with Crippen molar-refractivity contribution in [1.82, 2.24) is 4.98 Å². The Labute approximate surface area is 279 Å². The van der Waals surface area contributed by atoms with E-state index in [1.165, 1.54) is 41.8 Å². The van der Waals surface area contributed by atoms with Crippen LogP contribution in [0.25, 0.3) is 0 Å². The van der Waals surface area contributed by atoms with Gasteiger partial charge in [0.05, 0.1) is 0 Å². The molecule has 0 spiro atoms. The summed E-state index contributed by atoms with van der Waals surface area (Å²) < 4.78 is 10.1. The van der Waals surface area contributed by atoms with Crippen LogP contribution in [0.5, 0.6) is 11.5 Å². The van der Waals surface area contributed by atoms with Gasteiger partial charge in [0.15, 0.2) is 23.2 Å². The van der Waals surface area contributed by atoms with Gasteiger partial charge in [-0.1, -0.05) is 96.2 Å². The Balaban J connectivity index is 1.41. The average molecular weight is 664 g/mol. The molecule has 5 rings (SSSR count). The molecule has 0 bridgehead atoms. The molecule has 4 aromatic carbocycles. The van der Waals surface area contributed by atoms with Crippen molar-refractivity contribution in [1.29, 1.82) is 0 Å². The Kier molecular flexibility index (Phi) is 10.4. The van der Waals surface area contributed by atoms with Crippen molar-refractivity contribution in [3.05, 3.63) is 143 Å². The van der Waals surface area contributed by atoms with Gasteiger partial charge in [-0.3, -0.25) is 14.4 Å². The molecule has 1 aromatic heterocycles. The van der Waals surface area contributed by atoms with Crippen LogP contribution < -0.4 is 14.8 Å². The Morgan fingerprint density at radius 1 is 0.771 bits per heavy atom. The number of nitrogens with zero attached hydrogens (tertiary/aromatic N) is 2. The van der Waals surface area contributed by atoms with Gasteiger partial charge in [-0.05, 0) is 34.9 Å². The highest BCUT2D eigenvalue weighted by molar-refractivity contribution is 7.14. The number of esters is 2. The summed E-state index contributed by atoms with van der Waals surface area (Å²) in [5.41, 5.74) is 1.48. The van der Waals surface area contributed by atoms with E-state index in [9.17, 15) is 24.3 Å². The molecular formula is C36H29N3O8S. The minimum Gasteiger partial charge on any atom is -0.476 e. The summed E-state index contributed by atoms with van der Waals surface area (Å²) in [6, 6.07) is 33.4. The first kappa shape index (κ1) is 33.2. The van der Waals surface area contributed by atoms with Gasteiger partial charge in [-0.2, -0.15) is 0 Å². The largest absolute Gasteiger partial charge is 0.476 e. The van der Waals surface area contributed by atoms with Gasteiger partial charge in [0, 0.05) is 24.8 Å². The number of thiazole rings is 1. The molecule has 2 N–H and O–H groups in total. The lowest BCUT2D eigenvalue weighted by Gasteiger charge is -2.36. The van der Waals surface area contributed by atoms with E-state index in [1.807, 2.05) is 91.0 Å². The number of carboxylic acid groups (broad SMARTS) is 1. The van der Waals surface area contributed by atoms with E-state index in [-0.39, 0.29) is 22.8 Å². The van der Waals surface area contributed by atoms with Crippen LogP contribution in [-0.4, -0.2) is 46.1 Å². The normalized spacial score (nSPS) is 11.3. The topological polar surface area (TPSA) is 153 Å². The molecule has 0 aliphatic rings. The van der Waals surface area contributed by atoms with E-state index >= 15 is 0 Å². The molecule has 5 aromatic rings. The molecule has 0 aliphatic heterocycles. The third-order valence-electron chi connectivity index (χ3n) is 6.99. The number of carboxylic acids is 1. The molecule has 1 heterocycles. The molecular weight excluding hydrogens is 634 g/mol. The predicted octanol–water partition coefficient (Wildman–Crippen LogP) is 6.09. The fourth-order valence-electron chi connectivity index (χ4n) is 4.97. The highest BCUT2D eigenvalue weighted by Gasteiger charge is 2.37. The number of ether oxygens (including phenoxy) is 2. The molecule has 0 aliphatic carbocycles. The van der Waals surface area contributed by atoms with Gasteiger partial charge < -0.3 is 24.7 Å². The third-order valence-corrected chi connectivity index (χ3v) is 7.75. The Hall–Kier alpha value is -6.14. The molecule has 11 nitrogen and oxygen atoms in total. The maximum atomic E-state index is 12.9. The summed E-state index contributed by atoms with van der Waals surface area (Å²) in [7, 11) is 0. The van der Waals surface area contributed by atoms with Crippen LogP contribution in [0.3, 0.4) is 0 Å². The summed E-state index contributed by atoms with van der Waals surface area (Å²) in [5.74, 6) is -3.55. The van der Waals surface area contributed by atoms with Crippen LogP contribution >= 0.6 is 11.3 Å². The number of Topliss-reactive ketones (excluding diaryl/α,β-unsaturated/α-hetero) is 1. The molecule has 48 heavy (non-hydrogen) atoms. The van der Waals surface area contributed by atoms with Gasteiger partial charge >= 0.3 is 17.9 Å². The number of aliphatic carboxylic acids is 1. The first-order chi connectivity index (χ1) is 23.2. The summed E-state index contributed by atoms with van der Waals surface area (Å²) >= 11 is 1.19. The van der Waals surface area contributed by atoms with E-state index in [2.05, 4.69) is 15.5 Å². The lowest BCUT2D eigenvalue weighted by molar-refractivity contribution is -0.134. The minimum atomic E-state index is -1.41. The summed E-state index contributed by atoms with van der Waals surface area (Å²) in [6.45, 7) is 1.69. The second-order valence-electron chi connectivity index (χ2n) is 10.3. The van der Waals surface area contributed by atoms with E-state index < -0.39 is 41.5 Å². The van der Waals surface area contributed by atoms with Gasteiger partial charge in [-0.25, -0.2) is 9.78 Å². The van der Waals surface area contributed by atoms with Crippen LogP contribution in [0, 0.1) is 0 Å². The summed E-state index contributed by atoms with van der Waals surface area (Å²) in [5, 5.41) is 19.2. The maximum Gasteiger partial charge on any atom is 0.360 e. The quantitative estimate of drug-likeness (QED) is 0.0378. The highest BCUT2D eigenvalue weighted by atomic mass is 32.1. The van der Waals surface area contributed by atoms with Gasteiger partial charge in [0.2, 0.25) is 11.5 Å². The monoisotopic (exact) mass is 663 g/mol. The van der Waals surface area contributed by atoms with Crippen LogP contribution in [0.2, 0.25) is 0 Å². The third kappa shape index (κ3) is 7.62. The van der Waals surface area contributed by atoms with E-state index in [1.54, 1.807) is 0 Å². The fraction of sp³-hybridized carbons (Fsp3) is 0.111. The Morgan fingerprint density at radius 3 is 1.79 bits per heavy atom. The van der Waals surface area contributed by atoms with Crippen molar-refractivity contribution in [3.63, 3.8) is 0 Å². The van der Waals surface area contributed by atoms with Gasteiger partial charge in [0.1, 0.15) is 11.2 Å². The zero-order valence-electron chi connectivity index (χ0n) is 25.8. The number of hydrogen-bond acceptors (Lipinski definition) is 11. The van der Waals surface area contributed by atoms with Crippen molar-refractivity contribution in [3.8, 4) is 11.5 Å². The van der Waals surface area contributed by atoms with Crippen LogP contribution in [-0.2, 0) is 24.8 Å². The number of oxime groups is 1. The molecule has 0 unspecified atom stereocenters. The lowest BCUT2D eigenvalue weighted by atomic mass is 9.77. The highest BCUT2D eigenvalue weighted by Crippen LogP contribution is 2.40. The molecule has 0 saturated heterocycles. The Morgan fingerprint density at radius 2 is 1.29 bits per heavy atom. The molecule has 12 heteroatoms. The number of carbonyl (C=O) groups excluding carboxylic acids is 3. The standard InChI is InChI=1S/C36H29N3O8S/c1-23(40)46-31-19-18-25(20-32(31)47-24(2)41)30(42)21-45-39-33(34(43)44)29-22-48-35(37-29)38-36(26-12-6-3-7-13-26,27-14-8-4-9-15-27)28-16-10-5-11-17-28/h3-20,22H,21H2,1-2H3,(H,37,38)(H,43,44). The summed E-state index contributed by atoms with van der Waals surface area (Å²) in [6.07, 6.45) is 0. The molecule has 0 amide bonds. The zero-order valence-corrected chi connectivity index (χ0v) is 26.6. The van der Waals surface area contributed by atoms with E-state index in [0.29, 0.717) is 5.13 Å². The SMILES string of the molecule is CC(=O)Oc1ccc(C(=O)CON=C(C(=O)O)c2csc(NC(c3ccccc3)(c3ccccc3)c3ccccc3)n2)cc1OC(C)=O. The molecule has 0 atom stereocenters. The Bertz CT molecular complexity index is 1860. The second-order valence-corrected chi connectivity index (χ2v) is 11.2. The first-order valence-electron chi connectivity index (χ1n) is 14.6. The van der Waals surface area contributed by atoms with Gasteiger partial charge in [-0.15, -0.1) is 11.3 Å². The fourth-order valence-corrected chi connectivity index (χ4v) is 5.72. The number of carbonyl (C=O) groups is 4. The zero-order chi connectivity index (χ0) is 34.1.